The first-order chi connectivity index (χ1) is 17.6. The van der Waals surface area contributed by atoms with Crippen LogP contribution in [0.25, 0.3) is 0 Å². The van der Waals surface area contributed by atoms with E-state index in [0.717, 1.165) is 17.5 Å². The molecule has 0 fully saturated rings. The fourth-order valence-electron chi connectivity index (χ4n) is 2.87. The van der Waals surface area contributed by atoms with Gasteiger partial charge in [0.2, 0.25) is 5.88 Å². The largest absolute Gasteiger partial charge is 0.437 e. The van der Waals surface area contributed by atoms with Crippen LogP contribution >= 0.6 is 22.9 Å². The molecule has 4 heterocycles. The van der Waals surface area contributed by atoms with E-state index in [1.165, 1.54) is 24.8 Å². The lowest BCUT2D eigenvalue weighted by molar-refractivity contribution is -0.137. The minimum Gasteiger partial charge on any atom is -0.437 e. The highest BCUT2D eigenvalue weighted by atomic mass is 35.5. The summed E-state index contributed by atoms with van der Waals surface area (Å²) in [5.41, 5.74) is -1.09. The van der Waals surface area contributed by atoms with Crippen molar-refractivity contribution >= 4 is 40.6 Å². The number of carbonyl (C=O) groups is 2. The van der Waals surface area contributed by atoms with Gasteiger partial charge in [-0.25, -0.2) is 19.9 Å². The first-order valence-corrected chi connectivity index (χ1v) is 11.5. The number of ether oxygens (including phenoxy) is 1. The monoisotopic (exact) mass is 549 g/mol. The van der Waals surface area contributed by atoms with Crippen LogP contribution in [0.5, 0.6) is 11.6 Å². The Morgan fingerprint density at radius 3 is 2.62 bits per heavy atom. The minimum atomic E-state index is -4.71. The molecule has 0 aliphatic heterocycles. The number of aromatic nitrogens is 5. The Morgan fingerprint density at radius 1 is 1.08 bits per heavy atom. The number of rotatable bonds is 7. The Balaban J connectivity index is 1.40. The topological polar surface area (TPSA) is 132 Å². The third-order valence-electron chi connectivity index (χ3n) is 4.60. The second kappa shape index (κ2) is 10.8. The summed E-state index contributed by atoms with van der Waals surface area (Å²) in [5.74, 6) is -1.03. The Bertz CT molecular complexity index is 1440. The summed E-state index contributed by atoms with van der Waals surface area (Å²) in [7, 11) is 0. The van der Waals surface area contributed by atoms with Gasteiger partial charge in [0.15, 0.2) is 0 Å². The number of amides is 2. The molecule has 4 aromatic heterocycles. The molecule has 0 aromatic carbocycles. The van der Waals surface area contributed by atoms with Gasteiger partial charge in [0.05, 0.1) is 29.0 Å². The number of pyridine rings is 2. The van der Waals surface area contributed by atoms with Crippen molar-refractivity contribution in [3.63, 3.8) is 0 Å². The van der Waals surface area contributed by atoms with Crippen molar-refractivity contribution < 1.29 is 27.5 Å². The number of halogens is 4. The molecule has 15 heteroatoms. The number of hydrogen-bond donors (Lipinski definition) is 2. The molecule has 0 spiro atoms. The first-order valence-electron chi connectivity index (χ1n) is 10.3. The van der Waals surface area contributed by atoms with E-state index >= 15 is 0 Å². The smallest absolute Gasteiger partial charge is 0.418 e. The molecular formula is C22H15ClF3N7O3S. The summed E-state index contributed by atoms with van der Waals surface area (Å²) >= 11 is 6.49. The molecule has 0 aliphatic rings. The first kappa shape index (κ1) is 25.9. The molecule has 0 unspecified atom stereocenters. The van der Waals surface area contributed by atoms with Crippen molar-refractivity contribution in [3.8, 4) is 11.6 Å². The molecule has 2 amide bonds. The van der Waals surface area contributed by atoms with E-state index in [2.05, 4.69) is 35.6 Å². The summed E-state index contributed by atoms with van der Waals surface area (Å²) in [6, 6.07) is 4.72. The van der Waals surface area contributed by atoms with E-state index in [0.29, 0.717) is 16.8 Å². The second-order valence-electron chi connectivity index (χ2n) is 7.29. The lowest BCUT2D eigenvalue weighted by Crippen LogP contribution is -2.27. The highest BCUT2D eigenvalue weighted by Gasteiger charge is 2.34. The van der Waals surface area contributed by atoms with Crippen molar-refractivity contribution in [2.75, 3.05) is 5.32 Å². The average molecular weight is 550 g/mol. The van der Waals surface area contributed by atoms with Crippen LogP contribution in [0.3, 0.4) is 0 Å². The molecule has 0 radical (unpaired) electrons. The van der Waals surface area contributed by atoms with Gasteiger partial charge >= 0.3 is 6.18 Å². The molecule has 0 saturated heterocycles. The number of thiazole rings is 1. The summed E-state index contributed by atoms with van der Waals surface area (Å²) < 4.78 is 44.7. The van der Waals surface area contributed by atoms with Crippen LogP contribution in [0.2, 0.25) is 5.02 Å². The number of nitrogens with one attached hydrogen (secondary N) is 2. The van der Waals surface area contributed by atoms with Gasteiger partial charge in [-0.2, -0.15) is 13.2 Å². The zero-order valence-electron chi connectivity index (χ0n) is 18.7. The fraction of sp³-hybridized carbons (Fsp3) is 0.136. The van der Waals surface area contributed by atoms with Crippen molar-refractivity contribution in [1.29, 1.82) is 0 Å². The van der Waals surface area contributed by atoms with Crippen LogP contribution in [0, 0.1) is 0 Å². The molecule has 0 bridgehead atoms. The number of alkyl halides is 3. The van der Waals surface area contributed by atoms with Crippen LogP contribution in [-0.2, 0) is 6.18 Å². The maximum Gasteiger partial charge on any atom is 0.418 e. The zero-order chi connectivity index (χ0) is 26.6. The highest BCUT2D eigenvalue weighted by Crippen LogP contribution is 2.35. The molecule has 10 nitrogen and oxygen atoms in total. The Hall–Kier alpha value is -4.17. The molecule has 4 aromatic rings. The normalized spacial score (nSPS) is 12.0. The summed E-state index contributed by atoms with van der Waals surface area (Å²) in [6.07, 6.45) is 1.57. The van der Waals surface area contributed by atoms with Crippen molar-refractivity contribution in [2.45, 2.75) is 19.1 Å². The Morgan fingerprint density at radius 2 is 1.89 bits per heavy atom. The predicted molar refractivity (Wildman–Crippen MR) is 127 cm³/mol. The van der Waals surface area contributed by atoms with Crippen LogP contribution in [0.15, 0.2) is 55.4 Å². The van der Waals surface area contributed by atoms with Gasteiger partial charge in [-0.05, 0) is 25.1 Å². The van der Waals surface area contributed by atoms with Gasteiger partial charge in [0.1, 0.15) is 33.5 Å². The van der Waals surface area contributed by atoms with Gasteiger partial charge in [-0.1, -0.05) is 11.6 Å². The third-order valence-corrected chi connectivity index (χ3v) is 6.08. The molecule has 0 saturated carbocycles. The zero-order valence-corrected chi connectivity index (χ0v) is 20.2. The van der Waals surface area contributed by atoms with E-state index in [-0.39, 0.29) is 22.3 Å². The lowest BCUT2D eigenvalue weighted by atomic mass is 10.2. The maximum absolute atomic E-state index is 13.0. The molecule has 190 valence electrons. The lowest BCUT2D eigenvalue weighted by Gasteiger charge is -2.11. The number of nitrogens with zero attached hydrogens (tertiary/aromatic N) is 5. The standard InChI is InChI=1S/C22H15ClF3N7O3S/c1-11(32-19(34)15-6-18(31-10-30-15)36-12-3-2-4-27-7-12)21-29-9-16(37-21)20(35)33-17-5-13(22(24,25)26)14(23)8-28-17/h2-11H,1H3,(H,32,34)(H,28,33,35)/t11-/m1/s1. The predicted octanol–water partition coefficient (Wildman–Crippen LogP) is 4.93. The summed E-state index contributed by atoms with van der Waals surface area (Å²) in [6.45, 7) is 1.64. The quantitative estimate of drug-likeness (QED) is 0.332. The molecule has 2 N–H and O–H groups in total. The molecular weight excluding hydrogens is 535 g/mol. The van der Waals surface area contributed by atoms with Gasteiger partial charge in [-0.15, -0.1) is 11.3 Å². The number of carbonyl (C=O) groups excluding carboxylic acids is 2. The van der Waals surface area contributed by atoms with E-state index in [4.69, 9.17) is 16.3 Å². The van der Waals surface area contributed by atoms with Crippen LogP contribution in [-0.4, -0.2) is 36.7 Å². The SMILES string of the molecule is C[C@@H](NC(=O)c1cc(Oc2cccnc2)ncn1)c1ncc(C(=O)Nc2cc(C(F)(F)F)c(Cl)cn2)s1. The Kier molecular flexibility index (Phi) is 7.59. The number of anilines is 1. The fourth-order valence-corrected chi connectivity index (χ4v) is 3.90. The van der Waals surface area contributed by atoms with Crippen molar-refractivity contribution in [2.24, 2.45) is 0 Å². The van der Waals surface area contributed by atoms with Gasteiger partial charge < -0.3 is 15.4 Å². The molecule has 4 rings (SSSR count). The van der Waals surface area contributed by atoms with Gasteiger partial charge in [0, 0.05) is 18.5 Å². The van der Waals surface area contributed by atoms with Gasteiger partial charge in [0.25, 0.3) is 11.8 Å². The molecule has 0 aliphatic carbocycles. The highest BCUT2D eigenvalue weighted by molar-refractivity contribution is 7.13. The number of hydrogen-bond acceptors (Lipinski definition) is 9. The third kappa shape index (κ3) is 6.54. The molecule has 1 atom stereocenters. The van der Waals surface area contributed by atoms with E-state index in [9.17, 15) is 22.8 Å². The van der Waals surface area contributed by atoms with Crippen LogP contribution in [0.1, 0.15) is 43.7 Å². The Labute approximate surface area is 216 Å². The van der Waals surface area contributed by atoms with Crippen LogP contribution in [0.4, 0.5) is 19.0 Å². The summed E-state index contributed by atoms with van der Waals surface area (Å²) in [5, 5.41) is 4.77. The van der Waals surface area contributed by atoms with E-state index < -0.39 is 34.6 Å². The molecule has 37 heavy (non-hydrogen) atoms. The van der Waals surface area contributed by atoms with Crippen molar-refractivity contribution in [3.05, 3.63) is 81.5 Å². The summed E-state index contributed by atoms with van der Waals surface area (Å²) in [4.78, 5) is 44.9. The van der Waals surface area contributed by atoms with E-state index in [1.807, 2.05) is 0 Å². The average Bonchev–Trinajstić information content (AvgIpc) is 3.36. The minimum absolute atomic E-state index is 0.0320. The van der Waals surface area contributed by atoms with E-state index in [1.54, 1.807) is 25.3 Å². The van der Waals surface area contributed by atoms with Crippen LogP contribution < -0.4 is 15.4 Å². The maximum atomic E-state index is 13.0. The second-order valence-corrected chi connectivity index (χ2v) is 8.76. The van der Waals surface area contributed by atoms with Gasteiger partial charge in [-0.3, -0.25) is 14.6 Å². The van der Waals surface area contributed by atoms with Crippen molar-refractivity contribution in [1.82, 2.24) is 30.2 Å².